The van der Waals surface area contributed by atoms with E-state index in [-0.39, 0.29) is 18.4 Å². The molecule has 0 radical (unpaired) electrons. The summed E-state index contributed by atoms with van der Waals surface area (Å²) in [4.78, 5) is 11.5. The van der Waals surface area contributed by atoms with Gasteiger partial charge in [0.05, 0.1) is 18.9 Å². The lowest BCUT2D eigenvalue weighted by Gasteiger charge is -2.09. The number of anilines is 1. The van der Waals surface area contributed by atoms with Crippen molar-refractivity contribution in [2.45, 2.75) is 0 Å². The summed E-state index contributed by atoms with van der Waals surface area (Å²) in [5, 5.41) is 5.40. The van der Waals surface area contributed by atoms with Crippen LogP contribution in [-0.2, 0) is 4.74 Å². The quantitative estimate of drug-likeness (QED) is 0.694. The van der Waals surface area contributed by atoms with Crippen LogP contribution in [0.4, 0.5) is 10.5 Å². The van der Waals surface area contributed by atoms with E-state index in [1.165, 1.54) is 0 Å². The Balaban J connectivity index is 0.00000289. The number of ether oxygens (including phenoxy) is 1. The smallest absolute Gasteiger partial charge is 0.319 e. The van der Waals surface area contributed by atoms with Crippen LogP contribution < -0.4 is 16.4 Å². The third-order valence-electron chi connectivity index (χ3n) is 1.92. The van der Waals surface area contributed by atoms with Crippen LogP contribution in [0.25, 0.3) is 0 Å². The second-order valence-corrected chi connectivity index (χ2v) is 4.12. The monoisotopic (exact) mass is 337 g/mol. The molecule has 2 amide bonds. The zero-order valence-corrected chi connectivity index (χ0v) is 12.2. The predicted octanol–water partition coefficient (Wildman–Crippen LogP) is 1.97. The van der Waals surface area contributed by atoms with E-state index in [9.17, 15) is 4.79 Å². The Morgan fingerprint density at radius 3 is 2.72 bits per heavy atom. The minimum absolute atomic E-state index is 0. The average molecular weight is 339 g/mol. The summed E-state index contributed by atoms with van der Waals surface area (Å²) in [6.45, 7) is 1.91. The van der Waals surface area contributed by atoms with E-state index in [0.29, 0.717) is 26.3 Å². The normalized spacial score (nSPS) is 9.44. The van der Waals surface area contributed by atoms with Gasteiger partial charge in [0, 0.05) is 17.6 Å². The molecule has 7 heteroatoms. The number of benzene rings is 1. The summed E-state index contributed by atoms with van der Waals surface area (Å²) in [6, 6.07) is 7.15. The first-order chi connectivity index (χ1) is 8.24. The summed E-state index contributed by atoms with van der Waals surface area (Å²) in [5.74, 6) is 0. The van der Waals surface area contributed by atoms with Gasteiger partial charge in [-0.15, -0.1) is 12.4 Å². The van der Waals surface area contributed by atoms with Crippen LogP contribution in [0.15, 0.2) is 28.7 Å². The highest BCUT2D eigenvalue weighted by Crippen LogP contribution is 2.20. The van der Waals surface area contributed by atoms with Crippen molar-refractivity contribution in [2.75, 3.05) is 31.6 Å². The SMILES string of the molecule is Cl.NCCOCCNC(=O)Nc1ccccc1Br. The molecule has 0 fully saturated rings. The van der Waals surface area contributed by atoms with Gasteiger partial charge in [0.1, 0.15) is 0 Å². The van der Waals surface area contributed by atoms with Crippen molar-refractivity contribution < 1.29 is 9.53 Å². The number of carbonyl (C=O) groups is 1. The second-order valence-electron chi connectivity index (χ2n) is 3.26. The molecule has 0 spiro atoms. The Labute approximate surface area is 121 Å². The van der Waals surface area contributed by atoms with E-state index in [0.717, 1.165) is 10.2 Å². The summed E-state index contributed by atoms with van der Waals surface area (Å²) < 4.78 is 5.97. The maximum atomic E-state index is 11.5. The van der Waals surface area contributed by atoms with Crippen molar-refractivity contribution in [3.63, 3.8) is 0 Å². The lowest BCUT2D eigenvalue weighted by Crippen LogP contribution is -2.32. The number of hydrogen-bond donors (Lipinski definition) is 3. The van der Waals surface area contributed by atoms with Gasteiger partial charge in [-0.1, -0.05) is 12.1 Å². The summed E-state index contributed by atoms with van der Waals surface area (Å²) in [6.07, 6.45) is 0. The van der Waals surface area contributed by atoms with E-state index in [2.05, 4.69) is 26.6 Å². The Bertz CT molecular complexity index is 366. The molecule has 0 unspecified atom stereocenters. The molecule has 1 aromatic carbocycles. The van der Waals surface area contributed by atoms with Crippen LogP contribution in [0.2, 0.25) is 0 Å². The van der Waals surface area contributed by atoms with Crippen molar-refractivity contribution in [1.29, 1.82) is 0 Å². The number of nitrogens with two attached hydrogens (primary N) is 1. The Morgan fingerprint density at radius 1 is 1.33 bits per heavy atom. The number of nitrogens with one attached hydrogen (secondary N) is 2. The molecule has 0 atom stereocenters. The summed E-state index contributed by atoms with van der Waals surface area (Å²) in [7, 11) is 0. The number of amides is 2. The van der Waals surface area contributed by atoms with Crippen molar-refractivity contribution >= 4 is 40.1 Å². The lowest BCUT2D eigenvalue weighted by molar-refractivity contribution is 0.144. The topological polar surface area (TPSA) is 76.4 Å². The van der Waals surface area contributed by atoms with Gasteiger partial charge < -0.3 is 21.1 Å². The molecule has 0 aliphatic heterocycles. The predicted molar refractivity (Wildman–Crippen MR) is 78.3 cm³/mol. The van der Waals surface area contributed by atoms with Gasteiger partial charge in [0.2, 0.25) is 0 Å². The maximum Gasteiger partial charge on any atom is 0.319 e. The molecular formula is C11H17BrClN3O2. The van der Waals surface area contributed by atoms with Crippen LogP contribution in [-0.4, -0.2) is 32.3 Å². The molecule has 0 bridgehead atoms. The van der Waals surface area contributed by atoms with Crippen molar-refractivity contribution in [2.24, 2.45) is 5.73 Å². The first-order valence-corrected chi connectivity index (χ1v) is 6.10. The molecule has 0 saturated heterocycles. The van der Waals surface area contributed by atoms with E-state index in [4.69, 9.17) is 10.5 Å². The van der Waals surface area contributed by atoms with Gasteiger partial charge in [-0.25, -0.2) is 4.79 Å². The van der Waals surface area contributed by atoms with Crippen LogP contribution >= 0.6 is 28.3 Å². The minimum atomic E-state index is -0.256. The number of halogens is 2. The van der Waals surface area contributed by atoms with Crippen molar-refractivity contribution in [3.05, 3.63) is 28.7 Å². The second kappa shape index (κ2) is 10.1. The number of urea groups is 1. The zero-order valence-electron chi connectivity index (χ0n) is 9.82. The van der Waals surface area contributed by atoms with Gasteiger partial charge >= 0.3 is 6.03 Å². The Hall–Kier alpha value is -0.820. The standard InChI is InChI=1S/C11H16BrN3O2.ClH/c12-9-3-1-2-4-10(9)15-11(16)14-6-8-17-7-5-13;/h1-4H,5-8,13H2,(H2,14,15,16);1H. The van der Waals surface area contributed by atoms with Crippen molar-refractivity contribution in [1.82, 2.24) is 5.32 Å². The van der Waals surface area contributed by atoms with Crippen LogP contribution in [0.3, 0.4) is 0 Å². The zero-order chi connectivity index (χ0) is 12.5. The molecule has 4 N–H and O–H groups in total. The highest BCUT2D eigenvalue weighted by Gasteiger charge is 2.03. The highest BCUT2D eigenvalue weighted by molar-refractivity contribution is 9.10. The van der Waals surface area contributed by atoms with E-state index in [1.54, 1.807) is 0 Å². The van der Waals surface area contributed by atoms with Crippen LogP contribution in [0.1, 0.15) is 0 Å². The molecule has 5 nitrogen and oxygen atoms in total. The van der Waals surface area contributed by atoms with Crippen LogP contribution in [0.5, 0.6) is 0 Å². The molecule has 18 heavy (non-hydrogen) atoms. The molecule has 0 aliphatic carbocycles. The molecule has 0 heterocycles. The lowest BCUT2D eigenvalue weighted by atomic mass is 10.3. The molecule has 0 saturated carbocycles. The number of rotatable bonds is 6. The summed E-state index contributed by atoms with van der Waals surface area (Å²) in [5.41, 5.74) is 5.99. The Morgan fingerprint density at radius 2 is 2.06 bits per heavy atom. The van der Waals surface area contributed by atoms with Gasteiger partial charge in [0.25, 0.3) is 0 Å². The molecule has 1 rings (SSSR count). The third kappa shape index (κ3) is 6.80. The first-order valence-electron chi connectivity index (χ1n) is 5.31. The Kier molecular flexibility index (Phi) is 9.67. The molecular weight excluding hydrogens is 321 g/mol. The van der Waals surface area contributed by atoms with Gasteiger partial charge in [0.15, 0.2) is 0 Å². The molecule has 102 valence electrons. The number of hydrogen-bond acceptors (Lipinski definition) is 3. The first kappa shape index (κ1) is 17.2. The number of para-hydroxylation sites is 1. The van der Waals surface area contributed by atoms with Gasteiger partial charge in [-0.05, 0) is 28.1 Å². The van der Waals surface area contributed by atoms with Gasteiger partial charge in [-0.3, -0.25) is 0 Å². The fraction of sp³-hybridized carbons (Fsp3) is 0.364. The van der Waals surface area contributed by atoms with Crippen molar-refractivity contribution in [3.8, 4) is 0 Å². The molecule has 1 aromatic rings. The largest absolute Gasteiger partial charge is 0.378 e. The van der Waals surface area contributed by atoms with E-state index in [1.807, 2.05) is 24.3 Å². The fourth-order valence-corrected chi connectivity index (χ4v) is 1.54. The van der Waals surface area contributed by atoms with E-state index >= 15 is 0 Å². The van der Waals surface area contributed by atoms with Crippen LogP contribution in [0, 0.1) is 0 Å². The van der Waals surface area contributed by atoms with E-state index < -0.39 is 0 Å². The fourth-order valence-electron chi connectivity index (χ4n) is 1.15. The minimum Gasteiger partial charge on any atom is -0.378 e. The number of carbonyl (C=O) groups excluding carboxylic acids is 1. The highest BCUT2D eigenvalue weighted by atomic mass is 79.9. The average Bonchev–Trinajstić information content (AvgIpc) is 2.32. The maximum absolute atomic E-state index is 11.5. The summed E-state index contributed by atoms with van der Waals surface area (Å²) >= 11 is 3.35. The molecule has 0 aliphatic rings. The van der Waals surface area contributed by atoms with Gasteiger partial charge in [-0.2, -0.15) is 0 Å². The third-order valence-corrected chi connectivity index (χ3v) is 2.61. The molecule has 0 aromatic heterocycles.